The minimum atomic E-state index is -4.15. The molecule has 0 atom stereocenters. The van der Waals surface area contributed by atoms with Crippen LogP contribution >= 0.6 is 11.3 Å². The summed E-state index contributed by atoms with van der Waals surface area (Å²) in [7, 11) is -4.15. The van der Waals surface area contributed by atoms with Crippen LogP contribution in [0, 0.1) is 17.6 Å². The van der Waals surface area contributed by atoms with E-state index in [1.807, 2.05) is 24.3 Å². The zero-order valence-corrected chi connectivity index (χ0v) is 18.2. The highest BCUT2D eigenvalue weighted by Gasteiger charge is 2.33. The third kappa shape index (κ3) is 4.76. The first-order valence-electron chi connectivity index (χ1n) is 9.92. The highest BCUT2D eigenvalue weighted by atomic mass is 32.2. The summed E-state index contributed by atoms with van der Waals surface area (Å²) in [4.78, 5) is 16.3. The number of benzene rings is 2. The van der Waals surface area contributed by atoms with Gasteiger partial charge in [0.15, 0.2) is 0 Å². The first-order valence-corrected chi connectivity index (χ1v) is 12.2. The molecule has 0 radical (unpaired) electrons. The van der Waals surface area contributed by atoms with E-state index in [0.717, 1.165) is 31.7 Å². The molecule has 164 valence electrons. The predicted molar refractivity (Wildman–Crippen MR) is 114 cm³/mol. The molecule has 1 aliphatic rings. The standard InChI is InChI=1S/C21H21F2N3O3S2/c22-15-5-6-16(23)19(13-15)31(28,29)26-11-8-14(9-12-26)21(27)24-10-7-20-25-17-3-1-2-4-18(17)30-20/h1-6,13-14H,7-12H2,(H,24,27). The van der Waals surface area contributed by atoms with Crippen LogP contribution in [0.25, 0.3) is 10.2 Å². The lowest BCUT2D eigenvalue weighted by Crippen LogP contribution is -2.43. The summed E-state index contributed by atoms with van der Waals surface area (Å²) in [6.45, 7) is 0.605. The van der Waals surface area contributed by atoms with Crippen molar-refractivity contribution in [1.82, 2.24) is 14.6 Å². The molecule has 31 heavy (non-hydrogen) atoms. The first-order chi connectivity index (χ1) is 14.8. The van der Waals surface area contributed by atoms with Crippen molar-refractivity contribution in [1.29, 1.82) is 0 Å². The summed E-state index contributed by atoms with van der Waals surface area (Å²) in [5.74, 6) is -2.26. The molecule has 3 aromatic rings. The zero-order chi connectivity index (χ0) is 22.0. The summed E-state index contributed by atoms with van der Waals surface area (Å²) >= 11 is 1.59. The minimum Gasteiger partial charge on any atom is -0.355 e. The van der Waals surface area contributed by atoms with Crippen molar-refractivity contribution in [2.75, 3.05) is 19.6 Å². The predicted octanol–water partition coefficient (Wildman–Crippen LogP) is 3.33. The number of nitrogens with one attached hydrogen (secondary N) is 1. The molecule has 6 nitrogen and oxygen atoms in total. The second-order valence-corrected chi connectivity index (χ2v) is 10.4. The van der Waals surface area contributed by atoms with Gasteiger partial charge in [0.2, 0.25) is 15.9 Å². The summed E-state index contributed by atoms with van der Waals surface area (Å²) in [5.41, 5.74) is 0.942. The Balaban J connectivity index is 1.30. The molecule has 2 heterocycles. The Morgan fingerprint density at radius 2 is 1.90 bits per heavy atom. The van der Waals surface area contributed by atoms with E-state index < -0.39 is 26.6 Å². The van der Waals surface area contributed by atoms with Crippen molar-refractivity contribution in [2.45, 2.75) is 24.2 Å². The Kier molecular flexibility index (Phi) is 6.31. The monoisotopic (exact) mass is 465 g/mol. The smallest absolute Gasteiger partial charge is 0.246 e. The number of sulfonamides is 1. The van der Waals surface area contributed by atoms with Gasteiger partial charge in [0.1, 0.15) is 16.5 Å². The van der Waals surface area contributed by atoms with E-state index in [9.17, 15) is 22.0 Å². The number of fused-ring (bicyclic) bond motifs is 1. The van der Waals surface area contributed by atoms with Crippen LogP contribution in [0.3, 0.4) is 0 Å². The van der Waals surface area contributed by atoms with Gasteiger partial charge in [-0.1, -0.05) is 12.1 Å². The Bertz CT molecular complexity index is 1170. The summed E-state index contributed by atoms with van der Waals surface area (Å²) < 4.78 is 54.9. The Labute approximate surface area is 183 Å². The van der Waals surface area contributed by atoms with Crippen molar-refractivity contribution in [3.8, 4) is 0 Å². The molecule has 1 N–H and O–H groups in total. The zero-order valence-electron chi connectivity index (χ0n) is 16.6. The number of rotatable bonds is 6. The Hall–Kier alpha value is -2.43. The fourth-order valence-electron chi connectivity index (χ4n) is 3.64. The lowest BCUT2D eigenvalue weighted by Gasteiger charge is -2.30. The number of hydrogen-bond acceptors (Lipinski definition) is 5. The largest absolute Gasteiger partial charge is 0.355 e. The third-order valence-electron chi connectivity index (χ3n) is 5.31. The number of nitrogens with zero attached hydrogens (tertiary/aromatic N) is 2. The number of halogens is 2. The second-order valence-electron chi connectivity index (χ2n) is 7.37. The molecular weight excluding hydrogens is 444 g/mol. The van der Waals surface area contributed by atoms with Crippen molar-refractivity contribution in [3.63, 3.8) is 0 Å². The normalized spacial score (nSPS) is 15.9. The summed E-state index contributed by atoms with van der Waals surface area (Å²) in [6, 6.07) is 10.2. The average Bonchev–Trinajstić information content (AvgIpc) is 3.18. The van der Waals surface area contributed by atoms with Gasteiger partial charge in [0.25, 0.3) is 0 Å². The fourth-order valence-corrected chi connectivity index (χ4v) is 6.15. The summed E-state index contributed by atoms with van der Waals surface area (Å²) in [6.07, 6.45) is 1.27. The molecular formula is C21H21F2N3O3S2. The number of para-hydroxylation sites is 1. The molecule has 0 spiro atoms. The molecule has 0 bridgehead atoms. The van der Waals surface area contributed by atoms with Crippen LogP contribution in [0.4, 0.5) is 8.78 Å². The molecule has 2 aromatic carbocycles. The number of thiazole rings is 1. The number of carbonyl (C=O) groups is 1. The van der Waals surface area contributed by atoms with Crippen LogP contribution in [-0.2, 0) is 21.2 Å². The lowest BCUT2D eigenvalue weighted by molar-refractivity contribution is -0.126. The van der Waals surface area contributed by atoms with Crippen LogP contribution in [0.15, 0.2) is 47.4 Å². The van der Waals surface area contributed by atoms with Gasteiger partial charge in [-0.05, 0) is 43.2 Å². The molecule has 0 saturated carbocycles. The lowest BCUT2D eigenvalue weighted by atomic mass is 9.97. The van der Waals surface area contributed by atoms with Crippen molar-refractivity contribution < 1.29 is 22.0 Å². The maximum absolute atomic E-state index is 13.9. The van der Waals surface area contributed by atoms with E-state index in [1.54, 1.807) is 11.3 Å². The fraction of sp³-hybridized carbons (Fsp3) is 0.333. The van der Waals surface area contributed by atoms with Gasteiger partial charge < -0.3 is 5.32 Å². The molecule has 1 saturated heterocycles. The van der Waals surface area contributed by atoms with Gasteiger partial charge in [-0.25, -0.2) is 22.2 Å². The van der Waals surface area contributed by atoms with E-state index >= 15 is 0 Å². The highest BCUT2D eigenvalue weighted by molar-refractivity contribution is 7.89. The number of aromatic nitrogens is 1. The van der Waals surface area contributed by atoms with Gasteiger partial charge >= 0.3 is 0 Å². The van der Waals surface area contributed by atoms with Gasteiger partial charge in [-0.2, -0.15) is 4.31 Å². The first kappa shape index (κ1) is 21.8. The van der Waals surface area contributed by atoms with Crippen LogP contribution in [0.1, 0.15) is 17.8 Å². The van der Waals surface area contributed by atoms with E-state index in [1.165, 1.54) is 0 Å². The summed E-state index contributed by atoms with van der Waals surface area (Å²) in [5, 5.41) is 3.84. The van der Waals surface area contributed by atoms with Crippen LogP contribution in [0.2, 0.25) is 0 Å². The SMILES string of the molecule is O=C(NCCc1nc2ccccc2s1)C1CCN(S(=O)(=O)c2cc(F)ccc2F)CC1. The molecule has 0 unspecified atom stereocenters. The molecule has 1 amide bonds. The van der Waals surface area contributed by atoms with Gasteiger partial charge in [-0.15, -0.1) is 11.3 Å². The number of hydrogen-bond donors (Lipinski definition) is 1. The van der Waals surface area contributed by atoms with E-state index in [2.05, 4.69) is 10.3 Å². The average molecular weight is 466 g/mol. The van der Waals surface area contributed by atoms with Crippen molar-refractivity contribution in [2.24, 2.45) is 5.92 Å². The minimum absolute atomic E-state index is 0.0776. The second kappa shape index (κ2) is 8.97. The Morgan fingerprint density at radius 3 is 2.65 bits per heavy atom. The number of amides is 1. The van der Waals surface area contributed by atoms with E-state index in [0.29, 0.717) is 31.9 Å². The molecule has 1 aromatic heterocycles. The van der Waals surface area contributed by atoms with Gasteiger partial charge in [0, 0.05) is 32.0 Å². The molecule has 4 rings (SSSR count). The van der Waals surface area contributed by atoms with E-state index in [4.69, 9.17) is 0 Å². The topological polar surface area (TPSA) is 79.4 Å². The molecule has 0 aliphatic carbocycles. The van der Waals surface area contributed by atoms with Gasteiger partial charge in [-0.3, -0.25) is 4.79 Å². The van der Waals surface area contributed by atoms with Gasteiger partial charge in [0.05, 0.1) is 15.2 Å². The van der Waals surface area contributed by atoms with Crippen LogP contribution in [-0.4, -0.2) is 43.2 Å². The van der Waals surface area contributed by atoms with Crippen molar-refractivity contribution >= 4 is 37.5 Å². The maximum atomic E-state index is 13.9. The molecule has 1 fully saturated rings. The third-order valence-corrected chi connectivity index (χ3v) is 8.32. The highest BCUT2D eigenvalue weighted by Crippen LogP contribution is 2.26. The van der Waals surface area contributed by atoms with Crippen LogP contribution in [0.5, 0.6) is 0 Å². The molecule has 1 aliphatic heterocycles. The Morgan fingerprint density at radius 1 is 1.16 bits per heavy atom. The molecule has 10 heteroatoms. The van der Waals surface area contributed by atoms with Crippen molar-refractivity contribution in [3.05, 3.63) is 59.1 Å². The number of piperidine rings is 1. The quantitative estimate of drug-likeness (QED) is 0.606. The number of carbonyl (C=O) groups excluding carboxylic acids is 1. The van der Waals surface area contributed by atoms with Crippen LogP contribution < -0.4 is 5.32 Å². The van der Waals surface area contributed by atoms with E-state index in [-0.39, 0.29) is 24.9 Å². The maximum Gasteiger partial charge on any atom is 0.246 e.